The lowest BCUT2D eigenvalue weighted by molar-refractivity contribution is 0.633. The van der Waals surface area contributed by atoms with Gasteiger partial charge in [0.25, 0.3) is 5.56 Å². The van der Waals surface area contributed by atoms with Crippen LogP contribution >= 0.6 is 0 Å². The van der Waals surface area contributed by atoms with Crippen molar-refractivity contribution in [2.45, 2.75) is 39.7 Å². The molecule has 0 radical (unpaired) electrons. The Balaban J connectivity index is 2.64. The standard InChI is InChI=1S/C16H23N3O/c1-3-5-11-19-13-9-7-6-8-12(13)15(18-10-4-2)14(17)16(19)20/h6-9,18H,3-5,10-11,17H2,1-2H3. The molecule has 1 aromatic heterocycles. The average Bonchev–Trinajstić information content (AvgIpc) is 2.47. The number of anilines is 2. The molecule has 2 rings (SSSR count). The van der Waals surface area contributed by atoms with E-state index >= 15 is 0 Å². The van der Waals surface area contributed by atoms with Gasteiger partial charge in [-0.3, -0.25) is 4.79 Å². The van der Waals surface area contributed by atoms with Crippen molar-refractivity contribution in [3.8, 4) is 0 Å². The van der Waals surface area contributed by atoms with Gasteiger partial charge in [-0.2, -0.15) is 0 Å². The molecule has 0 unspecified atom stereocenters. The Kier molecular flexibility index (Phi) is 4.66. The van der Waals surface area contributed by atoms with Gasteiger partial charge < -0.3 is 15.6 Å². The Labute approximate surface area is 119 Å². The highest BCUT2D eigenvalue weighted by Gasteiger charge is 2.13. The molecular weight excluding hydrogens is 250 g/mol. The van der Waals surface area contributed by atoms with Crippen molar-refractivity contribution < 1.29 is 0 Å². The van der Waals surface area contributed by atoms with E-state index in [1.54, 1.807) is 4.57 Å². The zero-order valence-corrected chi connectivity index (χ0v) is 12.3. The maximum absolute atomic E-state index is 12.5. The Morgan fingerprint density at radius 3 is 2.65 bits per heavy atom. The van der Waals surface area contributed by atoms with Gasteiger partial charge in [-0.05, 0) is 18.9 Å². The fourth-order valence-corrected chi connectivity index (χ4v) is 2.41. The van der Waals surface area contributed by atoms with Crippen LogP contribution in [0, 0.1) is 0 Å². The number of nitrogens with one attached hydrogen (secondary N) is 1. The minimum atomic E-state index is -0.0873. The van der Waals surface area contributed by atoms with Crippen LogP contribution in [0.4, 0.5) is 11.4 Å². The fraction of sp³-hybridized carbons (Fsp3) is 0.438. The minimum absolute atomic E-state index is 0.0873. The van der Waals surface area contributed by atoms with Gasteiger partial charge in [0, 0.05) is 18.5 Å². The lowest BCUT2D eigenvalue weighted by Gasteiger charge is -2.16. The maximum Gasteiger partial charge on any atom is 0.276 e. The van der Waals surface area contributed by atoms with Crippen LogP contribution in [-0.4, -0.2) is 11.1 Å². The molecule has 2 aromatic rings. The van der Waals surface area contributed by atoms with Crippen LogP contribution in [0.1, 0.15) is 33.1 Å². The predicted molar refractivity (Wildman–Crippen MR) is 86.3 cm³/mol. The van der Waals surface area contributed by atoms with E-state index in [-0.39, 0.29) is 5.56 Å². The van der Waals surface area contributed by atoms with E-state index in [9.17, 15) is 4.79 Å². The second-order valence-electron chi connectivity index (χ2n) is 5.04. The molecule has 0 aliphatic rings. The van der Waals surface area contributed by atoms with Gasteiger partial charge in [-0.15, -0.1) is 0 Å². The first-order valence-corrected chi connectivity index (χ1v) is 7.35. The van der Waals surface area contributed by atoms with E-state index in [4.69, 9.17) is 5.73 Å². The molecule has 0 aliphatic heterocycles. The second kappa shape index (κ2) is 6.46. The average molecular weight is 273 g/mol. The van der Waals surface area contributed by atoms with E-state index in [1.807, 2.05) is 24.3 Å². The number of pyridine rings is 1. The topological polar surface area (TPSA) is 60.0 Å². The largest absolute Gasteiger partial charge is 0.393 e. The van der Waals surface area contributed by atoms with E-state index in [2.05, 4.69) is 19.2 Å². The quantitative estimate of drug-likeness (QED) is 0.849. The number of benzene rings is 1. The number of aromatic nitrogens is 1. The lowest BCUT2D eigenvalue weighted by atomic mass is 10.1. The number of unbranched alkanes of at least 4 members (excludes halogenated alkanes) is 1. The molecule has 1 heterocycles. The van der Waals surface area contributed by atoms with Gasteiger partial charge in [0.15, 0.2) is 0 Å². The van der Waals surface area contributed by atoms with Crippen LogP contribution in [0.5, 0.6) is 0 Å². The molecule has 3 N–H and O–H groups in total. The van der Waals surface area contributed by atoms with Crippen molar-refractivity contribution in [1.29, 1.82) is 0 Å². The Morgan fingerprint density at radius 1 is 1.20 bits per heavy atom. The van der Waals surface area contributed by atoms with Gasteiger partial charge in [0.2, 0.25) is 0 Å². The van der Waals surface area contributed by atoms with Crippen LogP contribution < -0.4 is 16.6 Å². The summed E-state index contributed by atoms with van der Waals surface area (Å²) in [5.74, 6) is 0. The summed E-state index contributed by atoms with van der Waals surface area (Å²) in [6.07, 6.45) is 3.02. The zero-order valence-electron chi connectivity index (χ0n) is 12.3. The van der Waals surface area contributed by atoms with Crippen LogP contribution in [0.15, 0.2) is 29.1 Å². The third kappa shape index (κ3) is 2.64. The monoisotopic (exact) mass is 273 g/mol. The SMILES string of the molecule is CCCCn1c(=O)c(N)c(NCCC)c2ccccc21. The zero-order chi connectivity index (χ0) is 14.5. The van der Waals surface area contributed by atoms with Gasteiger partial charge in [-0.25, -0.2) is 0 Å². The summed E-state index contributed by atoms with van der Waals surface area (Å²) in [6, 6.07) is 7.95. The summed E-state index contributed by atoms with van der Waals surface area (Å²) >= 11 is 0. The number of nitrogen functional groups attached to an aromatic ring is 1. The van der Waals surface area contributed by atoms with Crippen molar-refractivity contribution in [2.24, 2.45) is 0 Å². The van der Waals surface area contributed by atoms with Crippen LogP contribution in [0.2, 0.25) is 0 Å². The summed E-state index contributed by atoms with van der Waals surface area (Å²) in [7, 11) is 0. The third-order valence-electron chi connectivity index (χ3n) is 3.50. The van der Waals surface area contributed by atoms with Crippen molar-refractivity contribution >= 4 is 22.3 Å². The van der Waals surface area contributed by atoms with Crippen molar-refractivity contribution in [3.05, 3.63) is 34.6 Å². The number of hydrogen-bond donors (Lipinski definition) is 2. The highest BCUT2D eigenvalue weighted by atomic mass is 16.1. The third-order valence-corrected chi connectivity index (χ3v) is 3.50. The van der Waals surface area contributed by atoms with Gasteiger partial charge in [0.05, 0.1) is 11.2 Å². The maximum atomic E-state index is 12.5. The van der Waals surface area contributed by atoms with Gasteiger partial charge >= 0.3 is 0 Å². The highest BCUT2D eigenvalue weighted by molar-refractivity contribution is 5.97. The molecule has 20 heavy (non-hydrogen) atoms. The number of rotatable bonds is 6. The molecule has 0 fully saturated rings. The van der Waals surface area contributed by atoms with Gasteiger partial charge in [-0.1, -0.05) is 38.5 Å². The summed E-state index contributed by atoms with van der Waals surface area (Å²) in [4.78, 5) is 12.5. The lowest BCUT2D eigenvalue weighted by Crippen LogP contribution is -2.25. The van der Waals surface area contributed by atoms with E-state index < -0.39 is 0 Å². The normalized spacial score (nSPS) is 10.9. The van der Waals surface area contributed by atoms with E-state index in [0.717, 1.165) is 42.4 Å². The minimum Gasteiger partial charge on any atom is -0.393 e. The van der Waals surface area contributed by atoms with Gasteiger partial charge in [0.1, 0.15) is 5.69 Å². The molecule has 0 aliphatic carbocycles. The molecule has 0 atom stereocenters. The van der Waals surface area contributed by atoms with Crippen molar-refractivity contribution in [2.75, 3.05) is 17.6 Å². The predicted octanol–water partition coefficient (Wildman–Crippen LogP) is 3.21. The van der Waals surface area contributed by atoms with Crippen molar-refractivity contribution in [1.82, 2.24) is 4.57 Å². The summed E-state index contributed by atoms with van der Waals surface area (Å²) in [5.41, 5.74) is 8.04. The first-order valence-electron chi connectivity index (χ1n) is 7.35. The summed E-state index contributed by atoms with van der Waals surface area (Å²) < 4.78 is 1.80. The first kappa shape index (κ1) is 14.4. The number of hydrogen-bond acceptors (Lipinski definition) is 3. The number of nitrogens with two attached hydrogens (primary N) is 1. The van der Waals surface area contributed by atoms with Crippen LogP contribution in [0.25, 0.3) is 10.9 Å². The Hall–Kier alpha value is -1.97. The van der Waals surface area contributed by atoms with E-state index in [0.29, 0.717) is 12.2 Å². The molecule has 0 bridgehead atoms. The highest BCUT2D eigenvalue weighted by Crippen LogP contribution is 2.26. The van der Waals surface area contributed by atoms with Crippen LogP contribution in [-0.2, 0) is 6.54 Å². The smallest absolute Gasteiger partial charge is 0.276 e. The molecule has 0 spiro atoms. The number of fused-ring (bicyclic) bond motifs is 1. The molecule has 4 nitrogen and oxygen atoms in total. The second-order valence-corrected chi connectivity index (χ2v) is 5.04. The molecule has 1 aromatic carbocycles. The van der Waals surface area contributed by atoms with E-state index in [1.165, 1.54) is 0 Å². The Bertz CT molecular complexity index is 646. The van der Waals surface area contributed by atoms with Crippen LogP contribution in [0.3, 0.4) is 0 Å². The summed E-state index contributed by atoms with van der Waals surface area (Å²) in [5, 5.41) is 4.31. The molecule has 4 heteroatoms. The molecule has 0 amide bonds. The molecule has 0 saturated carbocycles. The number of nitrogens with zero attached hydrogens (tertiary/aromatic N) is 1. The molecular formula is C16H23N3O. The van der Waals surface area contributed by atoms with Crippen molar-refractivity contribution in [3.63, 3.8) is 0 Å². The number of aryl methyl sites for hydroxylation is 1. The summed E-state index contributed by atoms with van der Waals surface area (Å²) in [6.45, 7) is 5.74. The molecule has 0 saturated heterocycles. The number of para-hydroxylation sites is 1. The fourth-order valence-electron chi connectivity index (χ4n) is 2.41. The Morgan fingerprint density at radius 2 is 1.95 bits per heavy atom. The first-order chi connectivity index (χ1) is 9.70. The molecule has 108 valence electrons.